The summed E-state index contributed by atoms with van der Waals surface area (Å²) in [6, 6.07) is 0. The molecule has 1 N–H and O–H groups in total. The van der Waals surface area contributed by atoms with Crippen molar-refractivity contribution in [1.29, 1.82) is 0 Å². The van der Waals surface area contributed by atoms with Gasteiger partial charge in [0.1, 0.15) is 0 Å². The minimum atomic E-state index is -1.14. The number of nitrogens with one attached hydrogen (secondary N) is 1. The molecule has 0 bridgehead atoms. The van der Waals surface area contributed by atoms with Crippen LogP contribution in [0.25, 0.3) is 0 Å². The predicted molar refractivity (Wildman–Crippen MR) is 28.7 cm³/mol. The minimum Gasteiger partial charge on any atom is -0.273 e. The minimum absolute atomic E-state index is 0.136. The molecule has 0 saturated carbocycles. The smallest absolute Gasteiger partial charge is 0.243 e. The molecule has 1 aliphatic heterocycles. The van der Waals surface area contributed by atoms with Gasteiger partial charge in [0.2, 0.25) is 5.91 Å². The molecule has 1 fully saturated rings. The maximum atomic E-state index is 10.2. The van der Waals surface area contributed by atoms with E-state index in [1.165, 1.54) is 0 Å². The summed E-state index contributed by atoms with van der Waals surface area (Å²) in [5.41, 5.74) is 0. The molecule has 1 unspecified atom stereocenters. The second kappa shape index (κ2) is 1.83. The summed E-state index contributed by atoms with van der Waals surface area (Å²) in [4.78, 5) is 10.1. The van der Waals surface area contributed by atoms with Crippen LogP contribution in [0.5, 0.6) is 0 Å². The van der Waals surface area contributed by atoms with Crippen molar-refractivity contribution in [3.05, 3.63) is 0 Å². The van der Waals surface area contributed by atoms with Gasteiger partial charge in [0.05, 0.1) is 5.75 Å². The third-order valence-electron chi connectivity index (χ3n) is 0.494. The van der Waals surface area contributed by atoms with E-state index in [-0.39, 0.29) is 5.91 Å². The topological polar surface area (TPSA) is 46.2 Å². The summed E-state index contributed by atoms with van der Waals surface area (Å²) < 4.78 is 12.4. The molecule has 7 heavy (non-hydrogen) atoms. The standard InChI is InChI=1S/C2H3NO2S2/c4-2-1-6-7(5)3-2/h1H2,(H,3,4). The molecule has 1 aliphatic rings. The van der Waals surface area contributed by atoms with Crippen LogP contribution in [0.15, 0.2) is 0 Å². The zero-order valence-electron chi connectivity index (χ0n) is 3.34. The third-order valence-corrected chi connectivity index (χ3v) is 2.73. The van der Waals surface area contributed by atoms with Crippen molar-refractivity contribution in [2.45, 2.75) is 0 Å². The molecule has 0 spiro atoms. The number of hydrogen-bond donors (Lipinski definition) is 1. The fraction of sp³-hybridized carbons (Fsp3) is 0.500. The van der Waals surface area contributed by atoms with Crippen LogP contribution in [0, 0.1) is 0 Å². The van der Waals surface area contributed by atoms with Crippen LogP contribution in [-0.2, 0) is 14.8 Å². The molecule has 0 radical (unpaired) electrons. The number of rotatable bonds is 0. The van der Waals surface area contributed by atoms with Gasteiger partial charge in [-0.1, -0.05) is 0 Å². The van der Waals surface area contributed by atoms with E-state index in [0.717, 1.165) is 10.8 Å². The Morgan fingerprint density at radius 3 is 2.71 bits per heavy atom. The molecule has 1 atom stereocenters. The van der Waals surface area contributed by atoms with Gasteiger partial charge in [-0.05, 0) is 10.8 Å². The van der Waals surface area contributed by atoms with E-state index in [1.807, 2.05) is 0 Å². The summed E-state index contributed by atoms with van der Waals surface area (Å²) in [5, 5.41) is 0. The van der Waals surface area contributed by atoms with Crippen LogP contribution in [0.2, 0.25) is 0 Å². The Morgan fingerprint density at radius 1 is 1.86 bits per heavy atom. The van der Waals surface area contributed by atoms with E-state index in [2.05, 4.69) is 4.72 Å². The van der Waals surface area contributed by atoms with E-state index in [9.17, 15) is 9.00 Å². The Labute approximate surface area is 46.8 Å². The van der Waals surface area contributed by atoms with E-state index < -0.39 is 10.0 Å². The van der Waals surface area contributed by atoms with Crippen molar-refractivity contribution >= 4 is 26.7 Å². The van der Waals surface area contributed by atoms with Gasteiger partial charge < -0.3 is 0 Å². The maximum Gasteiger partial charge on any atom is 0.243 e. The summed E-state index contributed by atoms with van der Waals surface area (Å²) in [6.45, 7) is 0. The van der Waals surface area contributed by atoms with Gasteiger partial charge in [0.25, 0.3) is 0 Å². The maximum absolute atomic E-state index is 10.2. The monoisotopic (exact) mass is 137 g/mol. The molecule has 1 saturated heterocycles. The number of carbonyl (C=O) groups is 1. The van der Waals surface area contributed by atoms with Crippen molar-refractivity contribution in [3.8, 4) is 0 Å². The fourth-order valence-electron chi connectivity index (χ4n) is 0.259. The van der Waals surface area contributed by atoms with Gasteiger partial charge >= 0.3 is 0 Å². The number of carbonyl (C=O) groups excluding carboxylic acids is 1. The van der Waals surface area contributed by atoms with Gasteiger partial charge in [-0.2, -0.15) is 0 Å². The Kier molecular flexibility index (Phi) is 1.34. The average Bonchev–Trinajstić information content (AvgIpc) is 1.87. The highest BCUT2D eigenvalue weighted by molar-refractivity contribution is 8.69. The molecule has 0 aliphatic carbocycles. The van der Waals surface area contributed by atoms with Gasteiger partial charge in [0.15, 0.2) is 10.0 Å². The fourth-order valence-corrected chi connectivity index (χ4v) is 2.05. The molecule has 5 heteroatoms. The highest BCUT2D eigenvalue weighted by Gasteiger charge is 2.15. The summed E-state index contributed by atoms with van der Waals surface area (Å²) in [5.74, 6) is 0.204. The SMILES string of the molecule is O=C1CSS(=O)N1. The highest BCUT2D eigenvalue weighted by atomic mass is 33.1. The lowest BCUT2D eigenvalue weighted by molar-refractivity contribution is -0.116. The molecule has 1 heterocycles. The van der Waals surface area contributed by atoms with Crippen molar-refractivity contribution in [3.63, 3.8) is 0 Å². The number of amides is 1. The zero-order valence-corrected chi connectivity index (χ0v) is 4.97. The van der Waals surface area contributed by atoms with Crippen LogP contribution >= 0.6 is 10.8 Å². The highest BCUT2D eigenvalue weighted by Crippen LogP contribution is 2.09. The van der Waals surface area contributed by atoms with E-state index in [1.54, 1.807) is 0 Å². The molecule has 0 aromatic heterocycles. The molecule has 40 valence electrons. The zero-order chi connectivity index (χ0) is 5.28. The van der Waals surface area contributed by atoms with Crippen molar-refractivity contribution in [2.24, 2.45) is 0 Å². The average molecular weight is 137 g/mol. The second-order valence-electron chi connectivity index (χ2n) is 1.02. The Hall–Kier alpha value is -0.0300. The van der Waals surface area contributed by atoms with E-state index >= 15 is 0 Å². The number of hydrogen-bond acceptors (Lipinski definition) is 3. The van der Waals surface area contributed by atoms with Crippen LogP contribution in [0.4, 0.5) is 0 Å². The van der Waals surface area contributed by atoms with Gasteiger partial charge in [-0.15, -0.1) is 0 Å². The lowest BCUT2D eigenvalue weighted by Crippen LogP contribution is -2.15. The van der Waals surface area contributed by atoms with E-state index in [4.69, 9.17) is 0 Å². The van der Waals surface area contributed by atoms with Crippen LogP contribution in [-0.4, -0.2) is 15.9 Å². The van der Waals surface area contributed by atoms with Crippen molar-refractivity contribution in [2.75, 3.05) is 5.75 Å². The Bertz CT molecular complexity index is 109. The normalized spacial score (nSPS) is 30.3. The lowest BCUT2D eigenvalue weighted by Gasteiger charge is -1.79. The second-order valence-corrected chi connectivity index (χ2v) is 3.84. The van der Waals surface area contributed by atoms with Crippen LogP contribution < -0.4 is 4.72 Å². The first-order valence-electron chi connectivity index (χ1n) is 1.63. The lowest BCUT2D eigenvalue weighted by atomic mass is 10.8. The molecule has 1 amide bonds. The first kappa shape index (κ1) is 5.11. The molecule has 3 nitrogen and oxygen atoms in total. The van der Waals surface area contributed by atoms with Crippen molar-refractivity contribution in [1.82, 2.24) is 4.72 Å². The molecular formula is C2H3NO2S2. The van der Waals surface area contributed by atoms with Gasteiger partial charge in [-0.25, -0.2) is 4.21 Å². The first-order valence-corrected chi connectivity index (χ1v) is 4.29. The van der Waals surface area contributed by atoms with E-state index in [0.29, 0.717) is 5.75 Å². The van der Waals surface area contributed by atoms with Gasteiger partial charge in [-0.3, -0.25) is 9.52 Å². The van der Waals surface area contributed by atoms with Crippen LogP contribution in [0.3, 0.4) is 0 Å². The first-order chi connectivity index (χ1) is 3.29. The third kappa shape index (κ3) is 1.17. The molecule has 0 aromatic carbocycles. The predicted octanol–water partition coefficient (Wildman–Crippen LogP) is -0.572. The quantitative estimate of drug-likeness (QED) is 0.455. The van der Waals surface area contributed by atoms with Crippen LogP contribution in [0.1, 0.15) is 0 Å². The summed E-state index contributed by atoms with van der Waals surface area (Å²) in [6.07, 6.45) is 0. The Balaban J connectivity index is 2.55. The summed E-state index contributed by atoms with van der Waals surface area (Å²) >= 11 is 0. The Morgan fingerprint density at radius 2 is 2.57 bits per heavy atom. The molecule has 1 rings (SSSR count). The molecular weight excluding hydrogens is 134 g/mol. The largest absolute Gasteiger partial charge is 0.273 e. The summed E-state index contributed by atoms with van der Waals surface area (Å²) in [7, 11) is -0.0189. The van der Waals surface area contributed by atoms with Crippen molar-refractivity contribution < 1.29 is 9.00 Å². The molecule has 0 aromatic rings. The van der Waals surface area contributed by atoms with Gasteiger partial charge in [0, 0.05) is 0 Å².